The average molecular weight is 432 g/mol. The van der Waals surface area contributed by atoms with Crippen LogP contribution < -0.4 is 10.2 Å². The number of carboxylic acid groups (broad SMARTS) is 1. The first-order chi connectivity index (χ1) is 13.8. The SMILES string of the molecule is N#Cc1cnc(N2C(=O)CCC2=O)s1.N#Cc1cnc(NC(=O)CCC(=O)O)s1. The van der Waals surface area contributed by atoms with Gasteiger partial charge in [0.2, 0.25) is 17.7 Å². The molecule has 1 fully saturated rings. The zero-order chi connectivity index (χ0) is 21.4. The van der Waals surface area contributed by atoms with Gasteiger partial charge in [-0.3, -0.25) is 19.2 Å². The van der Waals surface area contributed by atoms with Gasteiger partial charge in [0.1, 0.15) is 21.9 Å². The maximum absolute atomic E-state index is 11.3. The summed E-state index contributed by atoms with van der Waals surface area (Å²) in [4.78, 5) is 53.3. The first kappa shape index (κ1) is 21.6. The molecule has 29 heavy (non-hydrogen) atoms. The van der Waals surface area contributed by atoms with E-state index in [2.05, 4.69) is 15.3 Å². The fourth-order valence-corrected chi connectivity index (χ4v) is 3.37. The molecule has 1 aliphatic heterocycles. The summed E-state index contributed by atoms with van der Waals surface area (Å²) in [5.41, 5.74) is 0. The summed E-state index contributed by atoms with van der Waals surface area (Å²) in [6.07, 6.45) is 2.86. The van der Waals surface area contributed by atoms with E-state index in [4.69, 9.17) is 15.6 Å². The Bertz CT molecular complexity index is 1020. The third-order valence-corrected chi connectivity index (χ3v) is 4.98. The molecule has 0 unspecified atom stereocenters. The van der Waals surface area contributed by atoms with Crippen LogP contribution >= 0.6 is 22.7 Å². The lowest BCUT2D eigenvalue weighted by molar-refractivity contribution is -0.138. The molecule has 0 radical (unpaired) electrons. The predicted molar refractivity (Wildman–Crippen MR) is 101 cm³/mol. The van der Waals surface area contributed by atoms with Gasteiger partial charge in [-0.2, -0.15) is 10.5 Å². The second kappa shape index (κ2) is 10.0. The number of carbonyl (C=O) groups is 4. The molecule has 0 spiro atoms. The maximum atomic E-state index is 11.3. The molecule has 2 aromatic rings. The Labute approximate surface area is 171 Å². The zero-order valence-electron chi connectivity index (χ0n) is 14.6. The van der Waals surface area contributed by atoms with Crippen molar-refractivity contribution in [1.29, 1.82) is 10.5 Å². The van der Waals surface area contributed by atoms with Gasteiger partial charge in [0.15, 0.2) is 10.3 Å². The second-order valence-electron chi connectivity index (χ2n) is 5.33. The first-order valence-electron chi connectivity index (χ1n) is 7.93. The minimum atomic E-state index is -1.03. The Morgan fingerprint density at radius 1 is 1.07 bits per heavy atom. The molecule has 2 N–H and O–H groups in total. The van der Waals surface area contributed by atoms with Crippen molar-refractivity contribution in [2.45, 2.75) is 25.7 Å². The van der Waals surface area contributed by atoms with Crippen LogP contribution in [-0.4, -0.2) is 38.8 Å². The number of anilines is 2. The Morgan fingerprint density at radius 3 is 2.17 bits per heavy atom. The summed E-state index contributed by atoms with van der Waals surface area (Å²) >= 11 is 2.09. The van der Waals surface area contributed by atoms with Crippen LogP contribution in [0.15, 0.2) is 12.4 Å². The Kier molecular flexibility index (Phi) is 7.47. The number of carboxylic acids is 1. The van der Waals surface area contributed by atoms with Crippen LogP contribution in [0, 0.1) is 22.7 Å². The van der Waals surface area contributed by atoms with E-state index >= 15 is 0 Å². The molecule has 11 nitrogen and oxygen atoms in total. The number of hydrogen-bond donors (Lipinski definition) is 2. The van der Waals surface area contributed by atoms with Crippen molar-refractivity contribution >= 4 is 56.6 Å². The molecule has 0 aliphatic carbocycles. The van der Waals surface area contributed by atoms with Gasteiger partial charge in [-0.1, -0.05) is 22.7 Å². The molecule has 0 bridgehead atoms. The normalized spacial score (nSPS) is 12.6. The van der Waals surface area contributed by atoms with Crippen LogP contribution in [0.1, 0.15) is 35.4 Å². The van der Waals surface area contributed by atoms with E-state index in [1.807, 2.05) is 12.1 Å². The van der Waals surface area contributed by atoms with E-state index in [0.29, 0.717) is 20.0 Å². The number of aliphatic carboxylic acids is 1. The van der Waals surface area contributed by atoms with E-state index < -0.39 is 11.9 Å². The van der Waals surface area contributed by atoms with Crippen molar-refractivity contribution in [1.82, 2.24) is 9.97 Å². The molecule has 148 valence electrons. The molecule has 13 heteroatoms. The van der Waals surface area contributed by atoms with Gasteiger partial charge in [0, 0.05) is 19.3 Å². The van der Waals surface area contributed by atoms with E-state index in [9.17, 15) is 19.2 Å². The number of thiazole rings is 2. The molecule has 1 aliphatic rings. The van der Waals surface area contributed by atoms with Crippen LogP contribution in [0.5, 0.6) is 0 Å². The number of rotatable bonds is 5. The van der Waals surface area contributed by atoms with Crippen molar-refractivity contribution in [2.75, 3.05) is 10.2 Å². The number of nitrogens with zero attached hydrogens (tertiary/aromatic N) is 5. The third-order valence-electron chi connectivity index (χ3n) is 3.27. The minimum absolute atomic E-state index is 0.100. The number of nitrogens with one attached hydrogen (secondary N) is 1. The molecule has 2 aromatic heterocycles. The summed E-state index contributed by atoms with van der Waals surface area (Å²) < 4.78 is 0. The fraction of sp³-hybridized carbons (Fsp3) is 0.250. The molecule has 3 heterocycles. The molecule has 3 amide bonds. The highest BCUT2D eigenvalue weighted by Crippen LogP contribution is 2.26. The van der Waals surface area contributed by atoms with Crippen LogP contribution in [0.3, 0.4) is 0 Å². The summed E-state index contributed by atoms with van der Waals surface area (Å²) in [6, 6.07) is 3.79. The highest BCUT2D eigenvalue weighted by Gasteiger charge is 2.32. The lowest BCUT2D eigenvalue weighted by atomic mass is 10.3. The first-order valence-corrected chi connectivity index (χ1v) is 9.56. The number of aromatic nitrogens is 2. The summed E-state index contributed by atoms with van der Waals surface area (Å²) in [5, 5.41) is 28.4. The van der Waals surface area contributed by atoms with Crippen LogP contribution in [0.4, 0.5) is 10.3 Å². The molecular weight excluding hydrogens is 420 g/mol. The van der Waals surface area contributed by atoms with Crippen LogP contribution in [0.25, 0.3) is 0 Å². The van der Waals surface area contributed by atoms with Gasteiger partial charge in [-0.25, -0.2) is 14.9 Å². The molecule has 0 aromatic carbocycles. The Morgan fingerprint density at radius 2 is 1.66 bits per heavy atom. The second-order valence-corrected chi connectivity index (χ2v) is 7.36. The number of hydrogen-bond acceptors (Lipinski definition) is 10. The summed E-state index contributed by atoms with van der Waals surface area (Å²) in [5.74, 6) is -1.93. The number of nitriles is 2. The topological polar surface area (TPSA) is 177 Å². The molecular formula is C16H12N6O5S2. The van der Waals surface area contributed by atoms with Crippen LogP contribution in [0.2, 0.25) is 0 Å². The number of amides is 3. The zero-order valence-corrected chi connectivity index (χ0v) is 16.2. The lowest BCUT2D eigenvalue weighted by Gasteiger charge is -2.07. The van der Waals surface area contributed by atoms with Crippen molar-refractivity contribution in [3.63, 3.8) is 0 Å². The van der Waals surface area contributed by atoms with Crippen molar-refractivity contribution < 1.29 is 24.3 Å². The summed E-state index contributed by atoms with van der Waals surface area (Å²) in [6.45, 7) is 0. The summed E-state index contributed by atoms with van der Waals surface area (Å²) in [7, 11) is 0. The van der Waals surface area contributed by atoms with Gasteiger partial charge in [-0.15, -0.1) is 0 Å². The quantitative estimate of drug-likeness (QED) is 0.662. The largest absolute Gasteiger partial charge is 0.481 e. The molecule has 3 rings (SSSR count). The number of imide groups is 1. The Balaban J connectivity index is 0.000000207. The predicted octanol–water partition coefficient (Wildman–Crippen LogP) is 1.49. The molecule has 0 atom stereocenters. The highest BCUT2D eigenvalue weighted by molar-refractivity contribution is 7.16. The third kappa shape index (κ3) is 6.17. The van der Waals surface area contributed by atoms with Gasteiger partial charge in [0.05, 0.1) is 18.8 Å². The molecule has 0 saturated carbocycles. The smallest absolute Gasteiger partial charge is 0.303 e. The van der Waals surface area contributed by atoms with Crippen molar-refractivity contribution in [2.24, 2.45) is 0 Å². The monoisotopic (exact) mass is 432 g/mol. The van der Waals surface area contributed by atoms with Crippen molar-refractivity contribution in [3.8, 4) is 12.1 Å². The standard InChI is InChI=1S/C8H7N3O3S.C8H5N3O2S/c9-3-5-4-10-8(15-5)11-6(12)1-2-7(13)14;9-3-5-4-10-8(14-5)11-6(12)1-2-7(11)13/h4H,1-2H2,(H,13,14)(H,10,11,12);4H,1-2H2. The van der Waals surface area contributed by atoms with E-state index in [1.54, 1.807) is 0 Å². The van der Waals surface area contributed by atoms with Gasteiger partial charge in [-0.05, 0) is 0 Å². The molecule has 1 saturated heterocycles. The van der Waals surface area contributed by atoms with Crippen LogP contribution in [-0.2, 0) is 19.2 Å². The number of carbonyl (C=O) groups excluding carboxylic acids is 3. The Hall–Kier alpha value is -3.68. The lowest BCUT2D eigenvalue weighted by Crippen LogP contribution is -2.28. The van der Waals surface area contributed by atoms with E-state index in [0.717, 1.165) is 27.6 Å². The fourth-order valence-electron chi connectivity index (χ4n) is 2.00. The van der Waals surface area contributed by atoms with Gasteiger partial charge < -0.3 is 10.4 Å². The van der Waals surface area contributed by atoms with E-state index in [1.165, 1.54) is 12.4 Å². The minimum Gasteiger partial charge on any atom is -0.481 e. The maximum Gasteiger partial charge on any atom is 0.303 e. The van der Waals surface area contributed by atoms with Gasteiger partial charge >= 0.3 is 5.97 Å². The highest BCUT2D eigenvalue weighted by atomic mass is 32.1. The van der Waals surface area contributed by atoms with Gasteiger partial charge in [0.25, 0.3) is 0 Å². The van der Waals surface area contributed by atoms with Crippen molar-refractivity contribution in [3.05, 3.63) is 22.1 Å². The average Bonchev–Trinajstić information content (AvgIpc) is 3.41. The van der Waals surface area contributed by atoms with E-state index in [-0.39, 0.29) is 37.5 Å².